The van der Waals surface area contributed by atoms with Gasteiger partial charge in [-0.2, -0.15) is 0 Å². The number of rotatable bonds is 2. The molecule has 0 saturated heterocycles. The number of hydrogen-bond donors (Lipinski definition) is 3. The van der Waals surface area contributed by atoms with Gasteiger partial charge in [0.1, 0.15) is 5.56 Å². The van der Waals surface area contributed by atoms with E-state index in [4.69, 9.17) is 0 Å². The van der Waals surface area contributed by atoms with Crippen LogP contribution in [0.1, 0.15) is 18.1 Å². The second-order valence-corrected chi connectivity index (χ2v) is 4.88. The molecule has 2 aromatic rings. The van der Waals surface area contributed by atoms with Crippen molar-refractivity contribution in [1.29, 1.82) is 0 Å². The summed E-state index contributed by atoms with van der Waals surface area (Å²) in [6, 6.07) is 4.19. The number of benzene rings is 1. The van der Waals surface area contributed by atoms with Gasteiger partial charge in [0.2, 0.25) is 5.88 Å². The summed E-state index contributed by atoms with van der Waals surface area (Å²) in [5.41, 5.74) is 0.115. The zero-order valence-electron chi connectivity index (χ0n) is 11.8. The molecule has 9 heteroatoms. The quantitative estimate of drug-likeness (QED) is 0.566. The van der Waals surface area contributed by atoms with Crippen LogP contribution >= 0.6 is 0 Å². The molecule has 0 spiro atoms. The van der Waals surface area contributed by atoms with Crippen molar-refractivity contribution in [2.75, 3.05) is 0 Å². The Morgan fingerprint density at radius 3 is 2.70 bits per heavy atom. The van der Waals surface area contributed by atoms with Crippen LogP contribution in [0.4, 0.5) is 11.4 Å². The van der Waals surface area contributed by atoms with Gasteiger partial charge in [0, 0.05) is 29.0 Å². The fraction of sp³-hybridized carbons (Fsp3) is 0.0714. The van der Waals surface area contributed by atoms with E-state index in [1.54, 1.807) is 6.92 Å². The standard InChI is InChI=1S/C14H10N4O5/c1-6-8(5-10-12(19)16-14(21)17-13(10)20)9-4-7(18(22)23)2-3-11(9)15-6/h2-5H,1H3,(H3,16,17,19,20,21)/b8-5-. The molecule has 0 amide bonds. The minimum Gasteiger partial charge on any atom is -0.494 e. The van der Waals surface area contributed by atoms with Gasteiger partial charge >= 0.3 is 5.69 Å². The number of nitro groups is 1. The van der Waals surface area contributed by atoms with E-state index in [9.17, 15) is 24.8 Å². The van der Waals surface area contributed by atoms with Crippen LogP contribution in [-0.4, -0.2) is 25.7 Å². The number of aliphatic imine (C=N–C) groups is 1. The number of H-pyrrole nitrogens is 2. The van der Waals surface area contributed by atoms with Gasteiger partial charge in [-0.1, -0.05) is 0 Å². The molecule has 1 aliphatic heterocycles. The summed E-state index contributed by atoms with van der Waals surface area (Å²) in [4.78, 5) is 41.6. The zero-order chi connectivity index (χ0) is 16.7. The molecular weight excluding hydrogens is 304 g/mol. The van der Waals surface area contributed by atoms with E-state index in [0.717, 1.165) is 0 Å². The van der Waals surface area contributed by atoms with Crippen molar-refractivity contribution in [2.45, 2.75) is 6.92 Å². The molecule has 1 aromatic heterocycles. The van der Waals surface area contributed by atoms with Crippen LogP contribution in [0.5, 0.6) is 5.88 Å². The van der Waals surface area contributed by atoms with Crippen molar-refractivity contribution in [3.63, 3.8) is 0 Å². The van der Waals surface area contributed by atoms with Gasteiger partial charge in [-0.3, -0.25) is 29.9 Å². The lowest BCUT2D eigenvalue weighted by Gasteiger charge is -2.03. The molecule has 1 aliphatic rings. The SMILES string of the molecule is CC1=Nc2ccc([N+](=O)[O-])cc2/C1=C\c1c(O)[nH]c(=O)[nH]c1=O. The number of allylic oxidation sites excluding steroid dienone is 1. The Morgan fingerprint density at radius 2 is 2.04 bits per heavy atom. The lowest BCUT2D eigenvalue weighted by molar-refractivity contribution is -0.384. The molecular formula is C14H10N4O5. The summed E-state index contributed by atoms with van der Waals surface area (Å²) in [5, 5.41) is 20.6. The first kappa shape index (κ1) is 14.4. The number of hydrogen-bond acceptors (Lipinski definition) is 6. The van der Waals surface area contributed by atoms with E-state index in [-0.39, 0.29) is 11.3 Å². The maximum absolute atomic E-state index is 11.8. The highest BCUT2D eigenvalue weighted by atomic mass is 16.6. The normalized spacial score (nSPS) is 14.7. The minimum atomic E-state index is -0.831. The van der Waals surface area contributed by atoms with Gasteiger partial charge in [-0.25, -0.2) is 4.79 Å². The number of nitrogens with one attached hydrogen (secondary N) is 2. The van der Waals surface area contributed by atoms with Crippen LogP contribution in [0.15, 0.2) is 32.8 Å². The number of non-ortho nitro benzene ring substituents is 1. The van der Waals surface area contributed by atoms with E-state index in [1.807, 2.05) is 4.98 Å². The molecule has 23 heavy (non-hydrogen) atoms. The van der Waals surface area contributed by atoms with Crippen molar-refractivity contribution >= 4 is 28.7 Å². The average molecular weight is 314 g/mol. The molecule has 0 fully saturated rings. The van der Waals surface area contributed by atoms with Gasteiger partial charge in [0.05, 0.1) is 10.6 Å². The Hall–Kier alpha value is -3.49. The fourth-order valence-electron chi connectivity index (χ4n) is 2.33. The summed E-state index contributed by atoms with van der Waals surface area (Å²) in [6.45, 7) is 1.68. The van der Waals surface area contributed by atoms with E-state index in [0.29, 0.717) is 22.5 Å². The molecule has 0 radical (unpaired) electrons. The van der Waals surface area contributed by atoms with Crippen LogP contribution in [0.2, 0.25) is 0 Å². The molecule has 0 atom stereocenters. The van der Waals surface area contributed by atoms with Crippen molar-refractivity contribution in [3.8, 4) is 5.88 Å². The van der Waals surface area contributed by atoms with Crippen molar-refractivity contribution in [1.82, 2.24) is 9.97 Å². The third kappa shape index (κ3) is 2.44. The number of fused-ring (bicyclic) bond motifs is 1. The Bertz CT molecular complexity index is 1010. The van der Waals surface area contributed by atoms with Crippen LogP contribution in [0.25, 0.3) is 11.6 Å². The summed E-state index contributed by atoms with van der Waals surface area (Å²) < 4.78 is 0. The second-order valence-electron chi connectivity index (χ2n) is 4.88. The highest BCUT2D eigenvalue weighted by Crippen LogP contribution is 2.38. The maximum Gasteiger partial charge on any atom is 0.328 e. The lowest BCUT2D eigenvalue weighted by atomic mass is 10.0. The first-order valence-corrected chi connectivity index (χ1v) is 6.48. The molecule has 9 nitrogen and oxygen atoms in total. The van der Waals surface area contributed by atoms with Gasteiger partial charge in [-0.05, 0) is 19.1 Å². The molecule has 2 heterocycles. The van der Waals surface area contributed by atoms with Crippen molar-refractivity contribution in [2.24, 2.45) is 4.99 Å². The summed E-state index contributed by atoms with van der Waals surface area (Å²) in [5.74, 6) is -0.585. The van der Waals surface area contributed by atoms with Crippen LogP contribution in [-0.2, 0) is 0 Å². The van der Waals surface area contributed by atoms with Gasteiger partial charge in [0.25, 0.3) is 11.2 Å². The highest BCUT2D eigenvalue weighted by Gasteiger charge is 2.22. The highest BCUT2D eigenvalue weighted by molar-refractivity contribution is 6.31. The number of aromatic nitrogens is 2. The van der Waals surface area contributed by atoms with Gasteiger partial charge in [-0.15, -0.1) is 0 Å². The molecule has 0 unspecified atom stereocenters. The predicted octanol–water partition coefficient (Wildman–Crippen LogP) is 1.32. The summed E-state index contributed by atoms with van der Waals surface area (Å²) in [7, 11) is 0. The Morgan fingerprint density at radius 1 is 1.30 bits per heavy atom. The van der Waals surface area contributed by atoms with Gasteiger partial charge in [0.15, 0.2) is 0 Å². The molecule has 3 N–H and O–H groups in total. The monoisotopic (exact) mass is 314 g/mol. The lowest BCUT2D eigenvalue weighted by Crippen LogP contribution is -2.23. The van der Waals surface area contributed by atoms with Crippen LogP contribution in [0, 0.1) is 10.1 Å². The van der Waals surface area contributed by atoms with Crippen LogP contribution in [0.3, 0.4) is 0 Å². The summed E-state index contributed by atoms with van der Waals surface area (Å²) in [6.07, 6.45) is 1.33. The molecule has 3 rings (SSSR count). The Balaban J connectivity index is 2.22. The average Bonchev–Trinajstić information content (AvgIpc) is 2.77. The van der Waals surface area contributed by atoms with E-state index in [2.05, 4.69) is 9.98 Å². The van der Waals surface area contributed by atoms with Crippen molar-refractivity contribution in [3.05, 3.63) is 60.3 Å². The van der Waals surface area contributed by atoms with E-state index >= 15 is 0 Å². The molecule has 1 aromatic carbocycles. The fourth-order valence-corrected chi connectivity index (χ4v) is 2.33. The Labute approximate surface area is 127 Å². The molecule has 116 valence electrons. The van der Waals surface area contributed by atoms with Crippen molar-refractivity contribution < 1.29 is 10.0 Å². The summed E-state index contributed by atoms with van der Waals surface area (Å²) >= 11 is 0. The number of aromatic hydroxyl groups is 1. The largest absolute Gasteiger partial charge is 0.494 e. The first-order valence-electron chi connectivity index (χ1n) is 6.48. The smallest absolute Gasteiger partial charge is 0.328 e. The minimum absolute atomic E-state index is 0.112. The number of aromatic amines is 2. The zero-order valence-corrected chi connectivity index (χ0v) is 11.8. The molecule has 0 aliphatic carbocycles. The molecule has 0 bridgehead atoms. The van der Waals surface area contributed by atoms with Gasteiger partial charge < -0.3 is 5.11 Å². The maximum atomic E-state index is 11.8. The second kappa shape index (κ2) is 5.05. The number of nitrogens with zero attached hydrogens (tertiary/aromatic N) is 2. The van der Waals surface area contributed by atoms with Crippen LogP contribution < -0.4 is 11.2 Å². The Kier molecular flexibility index (Phi) is 3.17. The first-order chi connectivity index (χ1) is 10.9. The molecule has 0 saturated carbocycles. The predicted molar refractivity (Wildman–Crippen MR) is 83.1 cm³/mol. The van der Waals surface area contributed by atoms with E-state index in [1.165, 1.54) is 24.3 Å². The topological polar surface area (TPSA) is 141 Å². The number of nitro benzene ring substituents is 1. The van der Waals surface area contributed by atoms with E-state index < -0.39 is 22.1 Å². The third-order valence-electron chi connectivity index (χ3n) is 3.41. The third-order valence-corrected chi connectivity index (χ3v) is 3.41.